The van der Waals surface area contributed by atoms with Gasteiger partial charge in [0, 0.05) is 25.7 Å². The average Bonchev–Trinajstić information content (AvgIpc) is 2.53. The molecule has 0 saturated heterocycles. The topological polar surface area (TPSA) is 15.3 Å². The van der Waals surface area contributed by atoms with Crippen molar-refractivity contribution in [1.82, 2.24) is 4.90 Å². The van der Waals surface area contributed by atoms with Crippen LogP contribution in [0.2, 0.25) is 0 Å². The number of anilines is 1. The Morgan fingerprint density at radius 2 is 1.48 bits per heavy atom. The van der Waals surface area contributed by atoms with Gasteiger partial charge in [0.15, 0.2) is 0 Å². The molecule has 0 spiro atoms. The van der Waals surface area contributed by atoms with Gasteiger partial charge in [-0.2, -0.15) is 0 Å². The monoisotopic (exact) mass is 298 g/mol. The molecule has 1 N–H and O–H groups in total. The summed E-state index contributed by atoms with van der Waals surface area (Å²) in [4.78, 5) is 2.97. The van der Waals surface area contributed by atoms with Gasteiger partial charge in [0.05, 0.1) is 11.0 Å². The largest absolute Gasteiger partial charge is 0.378 e. The van der Waals surface area contributed by atoms with Crippen molar-refractivity contribution in [3.63, 3.8) is 0 Å². The van der Waals surface area contributed by atoms with Crippen LogP contribution in [0.25, 0.3) is 0 Å². The van der Waals surface area contributed by atoms with Gasteiger partial charge in [-0.15, -0.1) is 0 Å². The lowest BCUT2D eigenvalue weighted by molar-refractivity contribution is 0.538. The number of hydrogen-bond acceptors (Lipinski definition) is 2. The van der Waals surface area contributed by atoms with E-state index in [1.807, 2.05) is 43.3 Å². The first-order valence-corrected chi connectivity index (χ1v) is 7.58. The Hall–Kier alpha value is -1.87. The van der Waals surface area contributed by atoms with Gasteiger partial charge in [0.25, 0.3) is 0 Å². The van der Waals surface area contributed by atoms with Crippen molar-refractivity contribution >= 4 is 22.9 Å². The summed E-state index contributed by atoms with van der Waals surface area (Å²) in [5, 5.41) is 3.62. The maximum atomic E-state index is 5.58. The maximum absolute atomic E-state index is 5.58. The van der Waals surface area contributed by atoms with Gasteiger partial charge in [0.1, 0.15) is 0 Å². The third-order valence-electron chi connectivity index (χ3n) is 3.58. The van der Waals surface area contributed by atoms with E-state index in [1.165, 1.54) is 5.56 Å². The van der Waals surface area contributed by atoms with Crippen LogP contribution >= 0.6 is 12.2 Å². The number of benzene rings is 2. The molecule has 0 fully saturated rings. The van der Waals surface area contributed by atoms with Crippen LogP contribution in [0.15, 0.2) is 60.7 Å². The molecule has 0 radical (unpaired) electrons. The van der Waals surface area contributed by atoms with Crippen LogP contribution in [0.1, 0.15) is 18.5 Å². The Kier molecular flexibility index (Phi) is 5.34. The standard InChI is InChI=1S/C18H22N2S/c1-14(18(21)20(2)3)17(15-10-6-4-7-11-15)19-16-12-8-5-9-13-16/h4-14,17,19H,1-3H3. The van der Waals surface area contributed by atoms with E-state index in [4.69, 9.17) is 12.2 Å². The van der Waals surface area contributed by atoms with E-state index in [1.54, 1.807) is 0 Å². The Morgan fingerprint density at radius 3 is 2.00 bits per heavy atom. The summed E-state index contributed by atoms with van der Waals surface area (Å²) in [6.07, 6.45) is 0. The fourth-order valence-electron chi connectivity index (χ4n) is 2.42. The highest BCUT2D eigenvalue weighted by Gasteiger charge is 2.23. The third-order valence-corrected chi connectivity index (χ3v) is 4.32. The quantitative estimate of drug-likeness (QED) is 0.825. The second-order valence-electron chi connectivity index (χ2n) is 5.42. The molecule has 2 rings (SSSR count). The molecule has 2 atom stereocenters. The number of nitrogens with zero attached hydrogens (tertiary/aromatic N) is 1. The van der Waals surface area contributed by atoms with Gasteiger partial charge in [-0.3, -0.25) is 0 Å². The van der Waals surface area contributed by atoms with E-state index < -0.39 is 0 Å². The van der Waals surface area contributed by atoms with Crippen molar-refractivity contribution in [3.8, 4) is 0 Å². The maximum Gasteiger partial charge on any atom is 0.0826 e. The minimum atomic E-state index is 0.156. The van der Waals surface area contributed by atoms with Crippen LogP contribution in [0.4, 0.5) is 5.69 Å². The molecule has 0 amide bonds. The van der Waals surface area contributed by atoms with Crippen LogP contribution in [0.5, 0.6) is 0 Å². The molecule has 2 nitrogen and oxygen atoms in total. The predicted molar refractivity (Wildman–Crippen MR) is 94.7 cm³/mol. The molecule has 0 aliphatic heterocycles. The van der Waals surface area contributed by atoms with E-state index in [9.17, 15) is 0 Å². The zero-order valence-electron chi connectivity index (χ0n) is 12.8. The predicted octanol–water partition coefficient (Wildman–Crippen LogP) is 4.36. The first kappa shape index (κ1) is 15.5. The first-order valence-electron chi connectivity index (χ1n) is 7.17. The number of para-hydroxylation sites is 1. The highest BCUT2D eigenvalue weighted by atomic mass is 32.1. The number of nitrogens with one attached hydrogen (secondary N) is 1. The van der Waals surface area contributed by atoms with Gasteiger partial charge in [-0.25, -0.2) is 0 Å². The first-order chi connectivity index (χ1) is 10.1. The molecule has 0 bridgehead atoms. The summed E-state index contributed by atoms with van der Waals surface area (Å²) < 4.78 is 0. The summed E-state index contributed by atoms with van der Waals surface area (Å²) in [6, 6.07) is 20.9. The van der Waals surface area contributed by atoms with Gasteiger partial charge >= 0.3 is 0 Å². The van der Waals surface area contributed by atoms with Crippen molar-refractivity contribution in [2.45, 2.75) is 13.0 Å². The summed E-state index contributed by atoms with van der Waals surface area (Å²) in [7, 11) is 4.01. The Morgan fingerprint density at radius 1 is 0.952 bits per heavy atom. The fourth-order valence-corrected chi connectivity index (χ4v) is 2.56. The van der Waals surface area contributed by atoms with Crippen molar-refractivity contribution in [2.24, 2.45) is 5.92 Å². The number of thiocarbonyl (C=S) groups is 1. The Bertz CT molecular complexity index is 566. The molecule has 3 heteroatoms. The van der Waals surface area contributed by atoms with Crippen LogP contribution in [0, 0.1) is 5.92 Å². The van der Waals surface area contributed by atoms with E-state index in [0.717, 1.165) is 10.7 Å². The zero-order valence-corrected chi connectivity index (χ0v) is 13.6. The lowest BCUT2D eigenvalue weighted by atomic mass is 9.93. The molecular formula is C18H22N2S. The molecule has 110 valence electrons. The van der Waals surface area contributed by atoms with Gasteiger partial charge < -0.3 is 10.2 Å². The molecule has 2 aromatic carbocycles. The van der Waals surface area contributed by atoms with E-state index >= 15 is 0 Å². The molecule has 0 aliphatic carbocycles. The van der Waals surface area contributed by atoms with E-state index in [2.05, 4.69) is 48.6 Å². The SMILES string of the molecule is CC(C(=S)N(C)C)C(Nc1ccccc1)c1ccccc1. The van der Waals surface area contributed by atoms with Gasteiger partial charge in [0.2, 0.25) is 0 Å². The third kappa shape index (κ3) is 4.05. The van der Waals surface area contributed by atoms with Crippen LogP contribution < -0.4 is 5.32 Å². The lowest BCUT2D eigenvalue weighted by Gasteiger charge is -2.30. The minimum absolute atomic E-state index is 0.156. The number of rotatable bonds is 5. The second kappa shape index (κ2) is 7.23. The Balaban J connectivity index is 2.29. The highest BCUT2D eigenvalue weighted by Crippen LogP contribution is 2.28. The highest BCUT2D eigenvalue weighted by molar-refractivity contribution is 7.80. The fraction of sp³-hybridized carbons (Fsp3) is 0.278. The molecule has 2 unspecified atom stereocenters. The summed E-state index contributed by atoms with van der Waals surface area (Å²) >= 11 is 5.58. The van der Waals surface area contributed by atoms with Crippen LogP contribution in [0.3, 0.4) is 0 Å². The van der Waals surface area contributed by atoms with Gasteiger partial charge in [-0.1, -0.05) is 67.7 Å². The molecule has 0 aliphatic rings. The van der Waals surface area contributed by atoms with E-state index in [0.29, 0.717) is 0 Å². The average molecular weight is 298 g/mol. The molecule has 2 aromatic rings. The molecule has 21 heavy (non-hydrogen) atoms. The van der Waals surface area contributed by atoms with Crippen LogP contribution in [-0.4, -0.2) is 24.0 Å². The zero-order chi connectivity index (χ0) is 15.2. The lowest BCUT2D eigenvalue weighted by Crippen LogP contribution is -2.33. The van der Waals surface area contributed by atoms with Crippen molar-refractivity contribution < 1.29 is 0 Å². The minimum Gasteiger partial charge on any atom is -0.378 e. The Labute approximate surface area is 132 Å². The molecule has 0 saturated carbocycles. The molecule has 0 aromatic heterocycles. The summed E-state index contributed by atoms with van der Waals surface area (Å²) in [5.41, 5.74) is 2.36. The second-order valence-corrected chi connectivity index (χ2v) is 5.84. The van der Waals surface area contributed by atoms with Crippen molar-refractivity contribution in [3.05, 3.63) is 66.2 Å². The van der Waals surface area contributed by atoms with Crippen molar-refractivity contribution in [1.29, 1.82) is 0 Å². The normalized spacial score (nSPS) is 13.3. The van der Waals surface area contributed by atoms with E-state index in [-0.39, 0.29) is 12.0 Å². The summed E-state index contributed by atoms with van der Waals surface area (Å²) in [5.74, 6) is 0.220. The van der Waals surface area contributed by atoms with Crippen LogP contribution in [-0.2, 0) is 0 Å². The number of hydrogen-bond donors (Lipinski definition) is 1. The summed E-state index contributed by atoms with van der Waals surface area (Å²) in [6.45, 7) is 2.18. The molecule has 0 heterocycles. The van der Waals surface area contributed by atoms with Crippen molar-refractivity contribution in [2.75, 3.05) is 19.4 Å². The molecular weight excluding hydrogens is 276 g/mol. The van der Waals surface area contributed by atoms with Gasteiger partial charge in [-0.05, 0) is 17.7 Å². The smallest absolute Gasteiger partial charge is 0.0826 e.